The molecule has 1 aromatic heterocycles. The van der Waals surface area contributed by atoms with Gasteiger partial charge in [-0.3, -0.25) is 0 Å². The quantitative estimate of drug-likeness (QED) is 0.645. The number of nitrogens with one attached hydrogen (secondary N) is 2. The maximum absolute atomic E-state index is 5.49. The minimum atomic E-state index is 0.117. The standard InChI is InChI=1S/C23H27N5O/c1-17-16-22(27-23(24-17)25-18(2)19-8-4-3-5-9-19)26-20-10-6-7-11-21(20)28-12-14-29-15-13-28/h3-11,16,18H,12-15H2,1-2H3,(H2,24,25,26,27). The third-order valence-corrected chi connectivity index (χ3v) is 5.02. The molecule has 6 heteroatoms. The molecule has 0 bridgehead atoms. The van der Waals surface area contributed by atoms with E-state index in [1.54, 1.807) is 0 Å². The number of aryl methyl sites for hydroxylation is 1. The van der Waals surface area contributed by atoms with Gasteiger partial charge in [-0.2, -0.15) is 4.98 Å². The lowest BCUT2D eigenvalue weighted by Gasteiger charge is -2.30. The van der Waals surface area contributed by atoms with Crippen LogP contribution in [0.5, 0.6) is 0 Å². The number of ether oxygens (including phenoxy) is 1. The van der Waals surface area contributed by atoms with Gasteiger partial charge in [0, 0.05) is 24.8 Å². The minimum Gasteiger partial charge on any atom is -0.378 e. The summed E-state index contributed by atoms with van der Waals surface area (Å²) < 4.78 is 5.49. The molecule has 0 aliphatic carbocycles. The molecule has 1 saturated heterocycles. The number of para-hydroxylation sites is 2. The fraction of sp³-hybridized carbons (Fsp3) is 0.304. The molecule has 0 amide bonds. The van der Waals surface area contributed by atoms with Crippen LogP contribution in [0.2, 0.25) is 0 Å². The first-order chi connectivity index (χ1) is 14.2. The molecule has 150 valence electrons. The van der Waals surface area contributed by atoms with E-state index in [0.29, 0.717) is 5.95 Å². The number of hydrogen-bond donors (Lipinski definition) is 2. The van der Waals surface area contributed by atoms with Gasteiger partial charge in [-0.05, 0) is 31.5 Å². The number of benzene rings is 2. The molecule has 4 rings (SSSR count). The number of aromatic nitrogens is 2. The molecule has 0 spiro atoms. The molecular weight excluding hydrogens is 362 g/mol. The van der Waals surface area contributed by atoms with Crippen molar-refractivity contribution in [1.29, 1.82) is 0 Å². The summed E-state index contributed by atoms with van der Waals surface area (Å²) in [6.07, 6.45) is 0. The second-order valence-corrected chi connectivity index (χ2v) is 7.24. The predicted molar refractivity (Wildman–Crippen MR) is 118 cm³/mol. The lowest BCUT2D eigenvalue weighted by Crippen LogP contribution is -2.36. The van der Waals surface area contributed by atoms with Crippen LogP contribution in [0.15, 0.2) is 60.7 Å². The van der Waals surface area contributed by atoms with Gasteiger partial charge in [0.25, 0.3) is 0 Å². The first kappa shape index (κ1) is 19.2. The van der Waals surface area contributed by atoms with Crippen LogP contribution in [0.3, 0.4) is 0 Å². The van der Waals surface area contributed by atoms with Gasteiger partial charge in [-0.15, -0.1) is 0 Å². The van der Waals surface area contributed by atoms with Crippen molar-refractivity contribution in [2.75, 3.05) is 41.8 Å². The summed E-state index contributed by atoms with van der Waals surface area (Å²) >= 11 is 0. The van der Waals surface area contributed by atoms with Crippen molar-refractivity contribution >= 4 is 23.1 Å². The van der Waals surface area contributed by atoms with Crippen molar-refractivity contribution in [1.82, 2.24) is 9.97 Å². The molecule has 0 saturated carbocycles. The molecule has 3 aromatic rings. The fourth-order valence-electron chi connectivity index (χ4n) is 3.51. The molecule has 1 aliphatic rings. The van der Waals surface area contributed by atoms with E-state index in [1.807, 2.05) is 37.3 Å². The number of hydrogen-bond acceptors (Lipinski definition) is 6. The van der Waals surface area contributed by atoms with Gasteiger partial charge in [0.2, 0.25) is 5.95 Å². The summed E-state index contributed by atoms with van der Waals surface area (Å²) in [6.45, 7) is 7.39. The molecule has 1 aliphatic heterocycles. The molecule has 2 aromatic carbocycles. The molecular formula is C23H27N5O. The van der Waals surface area contributed by atoms with Crippen molar-refractivity contribution < 1.29 is 4.74 Å². The molecule has 0 radical (unpaired) electrons. The van der Waals surface area contributed by atoms with E-state index in [9.17, 15) is 0 Å². The van der Waals surface area contributed by atoms with E-state index in [0.717, 1.165) is 43.5 Å². The van der Waals surface area contributed by atoms with E-state index in [4.69, 9.17) is 9.72 Å². The van der Waals surface area contributed by atoms with Crippen LogP contribution in [0, 0.1) is 6.92 Å². The average molecular weight is 390 g/mol. The Morgan fingerprint density at radius 3 is 2.48 bits per heavy atom. The second kappa shape index (κ2) is 8.92. The summed E-state index contributed by atoms with van der Waals surface area (Å²) in [5, 5.41) is 6.90. The molecule has 2 heterocycles. The van der Waals surface area contributed by atoms with Gasteiger partial charge in [-0.25, -0.2) is 4.98 Å². The van der Waals surface area contributed by atoms with E-state index in [-0.39, 0.29) is 6.04 Å². The zero-order valence-electron chi connectivity index (χ0n) is 16.9. The Kier molecular flexibility index (Phi) is 5.91. The Morgan fingerprint density at radius 2 is 1.69 bits per heavy atom. The number of morpholine rings is 1. The second-order valence-electron chi connectivity index (χ2n) is 7.24. The van der Waals surface area contributed by atoms with Gasteiger partial charge in [0.05, 0.1) is 30.6 Å². The highest BCUT2D eigenvalue weighted by atomic mass is 16.5. The molecule has 1 unspecified atom stereocenters. The van der Waals surface area contributed by atoms with Crippen molar-refractivity contribution in [2.24, 2.45) is 0 Å². The van der Waals surface area contributed by atoms with Gasteiger partial charge in [0.15, 0.2) is 0 Å². The van der Waals surface area contributed by atoms with Gasteiger partial charge < -0.3 is 20.3 Å². The van der Waals surface area contributed by atoms with Gasteiger partial charge in [-0.1, -0.05) is 42.5 Å². The maximum Gasteiger partial charge on any atom is 0.225 e. The Bertz CT molecular complexity index is 941. The first-order valence-corrected chi connectivity index (χ1v) is 10.0. The monoisotopic (exact) mass is 389 g/mol. The molecule has 6 nitrogen and oxygen atoms in total. The van der Waals surface area contributed by atoms with Crippen molar-refractivity contribution in [3.63, 3.8) is 0 Å². The van der Waals surface area contributed by atoms with Gasteiger partial charge >= 0.3 is 0 Å². The van der Waals surface area contributed by atoms with Crippen molar-refractivity contribution in [3.8, 4) is 0 Å². The maximum atomic E-state index is 5.49. The highest BCUT2D eigenvalue weighted by Gasteiger charge is 2.15. The highest BCUT2D eigenvalue weighted by Crippen LogP contribution is 2.29. The van der Waals surface area contributed by atoms with Crippen LogP contribution < -0.4 is 15.5 Å². The van der Waals surface area contributed by atoms with Gasteiger partial charge in [0.1, 0.15) is 5.82 Å². The highest BCUT2D eigenvalue weighted by molar-refractivity contribution is 5.74. The summed E-state index contributed by atoms with van der Waals surface area (Å²) in [6, 6.07) is 20.7. The van der Waals surface area contributed by atoms with Crippen LogP contribution in [0.1, 0.15) is 24.2 Å². The zero-order valence-corrected chi connectivity index (χ0v) is 16.9. The summed E-state index contributed by atoms with van der Waals surface area (Å²) in [4.78, 5) is 11.6. The van der Waals surface area contributed by atoms with Crippen molar-refractivity contribution in [3.05, 3.63) is 71.9 Å². The van der Waals surface area contributed by atoms with Crippen LogP contribution in [-0.2, 0) is 4.74 Å². The van der Waals surface area contributed by atoms with E-state index < -0.39 is 0 Å². The van der Waals surface area contributed by atoms with Crippen LogP contribution in [0.4, 0.5) is 23.1 Å². The Labute approximate surface area is 172 Å². The fourth-order valence-corrected chi connectivity index (χ4v) is 3.51. The third kappa shape index (κ3) is 4.84. The van der Waals surface area contributed by atoms with Crippen LogP contribution in [-0.4, -0.2) is 36.3 Å². The summed E-state index contributed by atoms with van der Waals surface area (Å²) in [7, 11) is 0. The first-order valence-electron chi connectivity index (χ1n) is 10.0. The largest absolute Gasteiger partial charge is 0.378 e. The topological polar surface area (TPSA) is 62.3 Å². The predicted octanol–water partition coefficient (Wildman–Crippen LogP) is 4.54. The number of anilines is 4. The third-order valence-electron chi connectivity index (χ3n) is 5.02. The molecule has 1 fully saturated rings. The normalized spacial score (nSPS) is 15.0. The van der Waals surface area contributed by atoms with E-state index in [1.165, 1.54) is 11.3 Å². The number of rotatable bonds is 6. The molecule has 2 N–H and O–H groups in total. The van der Waals surface area contributed by atoms with E-state index >= 15 is 0 Å². The molecule has 29 heavy (non-hydrogen) atoms. The Balaban J connectivity index is 1.54. The zero-order chi connectivity index (χ0) is 20.1. The number of nitrogens with zero attached hydrogens (tertiary/aromatic N) is 3. The Hall–Kier alpha value is -3.12. The SMILES string of the molecule is Cc1cc(Nc2ccccc2N2CCOCC2)nc(NC(C)c2ccccc2)n1. The summed E-state index contributed by atoms with van der Waals surface area (Å²) in [5.41, 5.74) is 4.31. The Morgan fingerprint density at radius 1 is 0.966 bits per heavy atom. The van der Waals surface area contributed by atoms with E-state index in [2.05, 4.69) is 57.8 Å². The summed E-state index contributed by atoms with van der Waals surface area (Å²) in [5.74, 6) is 1.40. The van der Waals surface area contributed by atoms with Crippen LogP contribution in [0.25, 0.3) is 0 Å². The molecule has 1 atom stereocenters. The lowest BCUT2D eigenvalue weighted by atomic mass is 10.1. The van der Waals surface area contributed by atoms with Crippen molar-refractivity contribution in [2.45, 2.75) is 19.9 Å². The lowest BCUT2D eigenvalue weighted by molar-refractivity contribution is 0.123. The minimum absolute atomic E-state index is 0.117. The smallest absolute Gasteiger partial charge is 0.225 e. The average Bonchev–Trinajstić information content (AvgIpc) is 2.75. The van der Waals surface area contributed by atoms with Crippen LogP contribution >= 0.6 is 0 Å².